The molecule has 0 aliphatic carbocycles. The Hall–Kier alpha value is -3.89. The van der Waals surface area contributed by atoms with Crippen LogP contribution in [0.2, 0.25) is 0 Å². The van der Waals surface area contributed by atoms with E-state index in [-0.39, 0.29) is 12.3 Å². The lowest BCUT2D eigenvalue weighted by atomic mass is 10.0. The predicted octanol–water partition coefficient (Wildman–Crippen LogP) is 4.38. The summed E-state index contributed by atoms with van der Waals surface area (Å²) in [7, 11) is 3.17. The first-order valence-electron chi connectivity index (χ1n) is 9.73. The van der Waals surface area contributed by atoms with Gasteiger partial charge in [0.1, 0.15) is 5.75 Å². The average molecular weight is 416 g/mol. The van der Waals surface area contributed by atoms with Gasteiger partial charge in [-0.3, -0.25) is 9.78 Å². The van der Waals surface area contributed by atoms with Gasteiger partial charge in [-0.05, 0) is 29.7 Å². The molecule has 2 aromatic carbocycles. The summed E-state index contributed by atoms with van der Waals surface area (Å²) in [6, 6.07) is 15.5. The molecule has 7 heteroatoms. The van der Waals surface area contributed by atoms with Crippen LogP contribution in [0.15, 0.2) is 60.8 Å². The van der Waals surface area contributed by atoms with E-state index < -0.39 is 0 Å². The molecule has 0 spiro atoms. The van der Waals surface area contributed by atoms with E-state index in [2.05, 4.69) is 22.2 Å². The molecule has 0 aliphatic heterocycles. The number of methoxy groups -OCH3 is 2. The van der Waals surface area contributed by atoms with Crippen LogP contribution in [0.1, 0.15) is 6.42 Å². The van der Waals surface area contributed by atoms with Gasteiger partial charge in [-0.25, -0.2) is 0 Å². The maximum atomic E-state index is 12.0. The zero-order valence-electron chi connectivity index (χ0n) is 17.6. The molecule has 0 aliphatic rings. The van der Waals surface area contributed by atoms with Crippen LogP contribution in [0, 0.1) is 11.3 Å². The number of carbonyl (C=O) groups is 1. The van der Waals surface area contributed by atoms with E-state index in [9.17, 15) is 4.79 Å². The van der Waals surface area contributed by atoms with E-state index in [1.54, 1.807) is 26.5 Å². The van der Waals surface area contributed by atoms with Gasteiger partial charge in [0.25, 0.3) is 0 Å². The number of hydrogen-bond acceptors (Lipinski definition) is 6. The van der Waals surface area contributed by atoms with Crippen LogP contribution < -0.4 is 15.4 Å². The fourth-order valence-electron chi connectivity index (χ4n) is 3.13. The zero-order chi connectivity index (χ0) is 22.2. The molecule has 0 saturated heterocycles. The minimum atomic E-state index is -0.119. The number of amides is 1. The van der Waals surface area contributed by atoms with Crippen LogP contribution in [0.5, 0.6) is 5.75 Å². The number of fused-ring (bicyclic) bond motifs is 1. The van der Waals surface area contributed by atoms with Gasteiger partial charge < -0.3 is 20.1 Å². The number of benzene rings is 2. The quantitative estimate of drug-likeness (QED) is 0.503. The maximum Gasteiger partial charge on any atom is 0.226 e. The highest BCUT2D eigenvalue weighted by Crippen LogP contribution is 2.36. The fraction of sp³-hybridized carbons (Fsp3) is 0.208. The van der Waals surface area contributed by atoms with Gasteiger partial charge in [0, 0.05) is 42.1 Å². The summed E-state index contributed by atoms with van der Waals surface area (Å²) in [5.41, 5.74) is 3.48. The van der Waals surface area contributed by atoms with Gasteiger partial charge in [0.2, 0.25) is 5.91 Å². The Labute approximate surface area is 181 Å². The van der Waals surface area contributed by atoms with Crippen molar-refractivity contribution in [2.75, 3.05) is 38.0 Å². The third-order valence-electron chi connectivity index (χ3n) is 4.71. The third kappa shape index (κ3) is 5.38. The second-order valence-corrected chi connectivity index (χ2v) is 6.87. The highest BCUT2D eigenvalue weighted by atomic mass is 16.5. The van der Waals surface area contributed by atoms with Crippen molar-refractivity contribution in [2.45, 2.75) is 6.42 Å². The topological polar surface area (TPSA) is 96.3 Å². The summed E-state index contributed by atoms with van der Waals surface area (Å²) in [6.07, 6.45) is 1.94. The molecule has 1 aromatic heterocycles. The molecule has 158 valence electrons. The van der Waals surface area contributed by atoms with Gasteiger partial charge in [-0.15, -0.1) is 0 Å². The van der Waals surface area contributed by atoms with E-state index in [4.69, 9.17) is 14.7 Å². The summed E-state index contributed by atoms with van der Waals surface area (Å²) in [6.45, 7) is 4.41. The molecule has 1 heterocycles. The highest BCUT2D eigenvalue weighted by molar-refractivity contribution is 5.99. The first-order valence-corrected chi connectivity index (χ1v) is 9.73. The van der Waals surface area contributed by atoms with Crippen LogP contribution in [-0.2, 0) is 9.53 Å². The monoisotopic (exact) mass is 416 g/mol. The summed E-state index contributed by atoms with van der Waals surface area (Å²) in [5, 5.41) is 17.1. The largest absolute Gasteiger partial charge is 0.495 e. The van der Waals surface area contributed by atoms with Gasteiger partial charge in [0.15, 0.2) is 0 Å². The van der Waals surface area contributed by atoms with E-state index in [0.29, 0.717) is 30.2 Å². The molecule has 31 heavy (non-hydrogen) atoms. The number of hydrogen-bond donors (Lipinski definition) is 2. The smallest absolute Gasteiger partial charge is 0.226 e. The zero-order valence-corrected chi connectivity index (χ0v) is 17.6. The first-order chi connectivity index (χ1) is 15.0. The second-order valence-electron chi connectivity index (χ2n) is 6.87. The van der Waals surface area contributed by atoms with E-state index in [0.717, 1.165) is 27.7 Å². The van der Waals surface area contributed by atoms with Crippen molar-refractivity contribution >= 4 is 28.1 Å². The van der Waals surface area contributed by atoms with Crippen molar-refractivity contribution in [2.24, 2.45) is 0 Å². The number of nitrogens with one attached hydrogen (secondary N) is 2. The molecule has 0 radical (unpaired) electrons. The van der Waals surface area contributed by atoms with Crippen molar-refractivity contribution in [1.82, 2.24) is 4.98 Å². The Morgan fingerprint density at radius 1 is 1.19 bits per heavy atom. The summed E-state index contributed by atoms with van der Waals surface area (Å²) >= 11 is 0. The molecule has 0 saturated carbocycles. The van der Waals surface area contributed by atoms with Crippen LogP contribution in [0.4, 0.5) is 11.4 Å². The molecule has 0 unspecified atom stereocenters. The lowest BCUT2D eigenvalue weighted by Gasteiger charge is -2.15. The van der Waals surface area contributed by atoms with E-state index >= 15 is 0 Å². The van der Waals surface area contributed by atoms with Crippen LogP contribution in [0.3, 0.4) is 0 Å². The number of anilines is 2. The first kappa shape index (κ1) is 21.8. The molecular formula is C24H24N4O3. The molecule has 0 atom stereocenters. The van der Waals surface area contributed by atoms with Gasteiger partial charge in [0.05, 0.1) is 37.6 Å². The molecule has 0 fully saturated rings. The van der Waals surface area contributed by atoms with E-state index in [1.165, 1.54) is 0 Å². The van der Waals surface area contributed by atoms with E-state index in [1.807, 2.05) is 42.5 Å². The molecule has 3 aromatic rings. The SMILES string of the molecule is C=C(C#N)CNc1c(OC)ccc2ccc(-c3cc(NC(=O)CCOC)ccn3)cc12. The molecule has 2 N–H and O–H groups in total. The number of pyridine rings is 1. The molecule has 7 nitrogen and oxygen atoms in total. The van der Waals surface area contributed by atoms with Crippen molar-refractivity contribution in [3.8, 4) is 23.1 Å². The summed E-state index contributed by atoms with van der Waals surface area (Å²) in [4.78, 5) is 16.5. The number of nitrogens with zero attached hydrogens (tertiary/aromatic N) is 2. The average Bonchev–Trinajstić information content (AvgIpc) is 2.80. The van der Waals surface area contributed by atoms with Gasteiger partial charge in [-0.1, -0.05) is 24.8 Å². The highest BCUT2D eigenvalue weighted by Gasteiger charge is 2.11. The van der Waals surface area contributed by atoms with Gasteiger partial charge >= 0.3 is 0 Å². The van der Waals surface area contributed by atoms with Crippen molar-refractivity contribution < 1.29 is 14.3 Å². The van der Waals surface area contributed by atoms with Crippen molar-refractivity contribution in [1.29, 1.82) is 5.26 Å². The van der Waals surface area contributed by atoms with Crippen LogP contribution in [0.25, 0.3) is 22.0 Å². The molecule has 0 bridgehead atoms. The number of nitriles is 1. The maximum absolute atomic E-state index is 12.0. The second kappa shape index (κ2) is 10.2. The minimum Gasteiger partial charge on any atom is -0.495 e. The fourth-order valence-corrected chi connectivity index (χ4v) is 3.13. The Morgan fingerprint density at radius 2 is 2.00 bits per heavy atom. The minimum absolute atomic E-state index is 0.119. The number of ether oxygens (including phenoxy) is 2. The lowest BCUT2D eigenvalue weighted by molar-refractivity contribution is -0.117. The Bertz CT molecular complexity index is 1150. The Morgan fingerprint density at radius 3 is 2.74 bits per heavy atom. The van der Waals surface area contributed by atoms with Gasteiger partial charge in [-0.2, -0.15) is 5.26 Å². The normalized spacial score (nSPS) is 10.4. The number of rotatable bonds is 9. The molecular weight excluding hydrogens is 392 g/mol. The van der Waals surface area contributed by atoms with Crippen molar-refractivity contribution in [3.63, 3.8) is 0 Å². The van der Waals surface area contributed by atoms with Crippen LogP contribution >= 0.6 is 0 Å². The predicted molar refractivity (Wildman–Crippen MR) is 122 cm³/mol. The molecule has 3 rings (SSSR count). The summed E-state index contributed by atoms with van der Waals surface area (Å²) in [5.74, 6) is 0.550. The summed E-state index contributed by atoms with van der Waals surface area (Å²) < 4.78 is 10.5. The Balaban J connectivity index is 1.96. The lowest BCUT2D eigenvalue weighted by Crippen LogP contribution is -2.13. The number of aromatic nitrogens is 1. The van der Waals surface area contributed by atoms with Crippen LogP contribution in [-0.4, -0.2) is 38.3 Å². The Kier molecular flexibility index (Phi) is 7.20. The third-order valence-corrected chi connectivity index (χ3v) is 4.71. The number of carbonyl (C=O) groups excluding carboxylic acids is 1. The molecule has 1 amide bonds. The standard InChI is InChI=1S/C24H24N4O3/c1-16(14-25)15-27-24-20-12-18(5-4-17(20)6-7-22(24)31-3)21-13-19(8-10-26-21)28-23(29)9-11-30-2/h4-8,10,12-13,27H,1,9,11,15H2,2-3H3,(H,26,28,29). The van der Waals surface area contributed by atoms with Crippen molar-refractivity contribution in [3.05, 3.63) is 60.8 Å².